The van der Waals surface area contributed by atoms with Crippen molar-refractivity contribution >= 4 is 17.3 Å². The molecule has 1 aromatic carbocycles. The molecule has 0 fully saturated rings. The summed E-state index contributed by atoms with van der Waals surface area (Å²) in [6, 6.07) is 8.39. The van der Waals surface area contributed by atoms with Gasteiger partial charge in [-0.2, -0.15) is 5.11 Å². The van der Waals surface area contributed by atoms with Gasteiger partial charge in [0.05, 0.1) is 6.04 Å². The molecule has 0 saturated heterocycles. The molecule has 0 amide bonds. The predicted octanol–water partition coefficient (Wildman–Crippen LogP) is 5.33. The average Bonchev–Trinajstić information content (AvgIpc) is 2.68. The molecule has 0 aliphatic heterocycles. The highest BCUT2D eigenvalue weighted by atomic mass is 35.5. The van der Waals surface area contributed by atoms with E-state index in [4.69, 9.17) is 11.6 Å². The minimum absolute atomic E-state index is 0.104. The van der Waals surface area contributed by atoms with Crippen molar-refractivity contribution in [1.82, 2.24) is 10.3 Å². The van der Waals surface area contributed by atoms with Crippen LogP contribution in [-0.2, 0) is 0 Å². The van der Waals surface area contributed by atoms with Crippen molar-refractivity contribution < 1.29 is 0 Å². The van der Waals surface area contributed by atoms with Crippen LogP contribution in [0.25, 0.3) is 0 Å². The Kier molecular flexibility index (Phi) is 10.8. The number of hydrogen-bond donors (Lipinski definition) is 2. The highest BCUT2D eigenvalue weighted by molar-refractivity contribution is 6.30. The summed E-state index contributed by atoms with van der Waals surface area (Å²) in [7, 11) is 1.96. The number of anilines is 1. The molecule has 0 aromatic heterocycles. The zero-order chi connectivity index (χ0) is 20.2. The Balaban J connectivity index is 2.57. The second-order valence-electron chi connectivity index (χ2n) is 6.84. The van der Waals surface area contributed by atoms with Crippen molar-refractivity contribution in [3.8, 4) is 0 Å². The molecular weight excluding hydrogens is 358 g/mol. The highest BCUT2D eigenvalue weighted by Gasteiger charge is 2.13. The van der Waals surface area contributed by atoms with Crippen molar-refractivity contribution in [3.05, 3.63) is 53.6 Å². The van der Waals surface area contributed by atoms with Crippen LogP contribution in [0.15, 0.2) is 58.9 Å². The predicted molar refractivity (Wildman–Crippen MR) is 118 cm³/mol. The molecule has 0 aliphatic rings. The van der Waals surface area contributed by atoms with Crippen LogP contribution >= 0.6 is 11.6 Å². The SMILES string of the molecule is C=CCN[C@@H](C)C(C)N=NN(C)CCC(Nc1ccc(Cl)cc1)/C(C)=C/C. The van der Waals surface area contributed by atoms with Gasteiger partial charge < -0.3 is 10.6 Å². The lowest BCUT2D eigenvalue weighted by Crippen LogP contribution is -2.34. The van der Waals surface area contributed by atoms with E-state index < -0.39 is 0 Å². The first-order chi connectivity index (χ1) is 12.9. The van der Waals surface area contributed by atoms with Crippen LogP contribution in [0.3, 0.4) is 0 Å². The molecular formula is C21H34ClN5. The Morgan fingerprint density at radius 3 is 2.56 bits per heavy atom. The van der Waals surface area contributed by atoms with Crippen LogP contribution < -0.4 is 10.6 Å². The fourth-order valence-electron chi connectivity index (χ4n) is 2.43. The van der Waals surface area contributed by atoms with Gasteiger partial charge in [-0.05, 0) is 58.4 Å². The summed E-state index contributed by atoms with van der Waals surface area (Å²) in [4.78, 5) is 0. The Labute approximate surface area is 169 Å². The van der Waals surface area contributed by atoms with Crippen molar-refractivity contribution in [2.24, 2.45) is 10.3 Å². The molecule has 150 valence electrons. The largest absolute Gasteiger partial charge is 0.379 e. The Hall–Kier alpha value is -1.85. The molecule has 0 heterocycles. The number of halogens is 1. The Morgan fingerprint density at radius 1 is 1.30 bits per heavy atom. The summed E-state index contributed by atoms with van der Waals surface area (Å²) in [5, 5.41) is 18.3. The lowest BCUT2D eigenvalue weighted by Gasteiger charge is -2.23. The summed E-state index contributed by atoms with van der Waals surface area (Å²) in [5.41, 5.74) is 2.36. The summed E-state index contributed by atoms with van der Waals surface area (Å²) < 4.78 is 0. The summed E-state index contributed by atoms with van der Waals surface area (Å²) in [6.45, 7) is 13.7. The van der Waals surface area contributed by atoms with Crippen LogP contribution in [0.4, 0.5) is 5.69 Å². The topological polar surface area (TPSA) is 52.0 Å². The van der Waals surface area contributed by atoms with E-state index in [0.717, 1.165) is 30.2 Å². The summed E-state index contributed by atoms with van der Waals surface area (Å²) >= 11 is 5.97. The molecule has 6 heteroatoms. The second-order valence-corrected chi connectivity index (χ2v) is 7.27. The fourth-order valence-corrected chi connectivity index (χ4v) is 2.56. The third kappa shape index (κ3) is 9.07. The maximum atomic E-state index is 5.97. The van der Waals surface area contributed by atoms with Gasteiger partial charge in [0, 0.05) is 42.9 Å². The molecule has 0 bridgehead atoms. The van der Waals surface area contributed by atoms with E-state index in [0.29, 0.717) is 0 Å². The van der Waals surface area contributed by atoms with E-state index in [9.17, 15) is 0 Å². The minimum atomic E-state index is 0.104. The van der Waals surface area contributed by atoms with Gasteiger partial charge in [0.15, 0.2) is 0 Å². The van der Waals surface area contributed by atoms with Gasteiger partial charge in [-0.25, -0.2) is 0 Å². The zero-order valence-electron chi connectivity index (χ0n) is 17.2. The maximum absolute atomic E-state index is 5.97. The molecule has 0 radical (unpaired) electrons. The van der Waals surface area contributed by atoms with E-state index in [1.54, 1.807) is 0 Å². The molecule has 2 N–H and O–H groups in total. The third-order valence-electron chi connectivity index (χ3n) is 4.63. The molecule has 2 unspecified atom stereocenters. The first-order valence-corrected chi connectivity index (χ1v) is 9.86. The van der Waals surface area contributed by atoms with E-state index in [1.165, 1.54) is 5.57 Å². The van der Waals surface area contributed by atoms with Crippen LogP contribution in [0.1, 0.15) is 34.1 Å². The normalized spacial score (nSPS) is 15.4. The van der Waals surface area contributed by atoms with Gasteiger partial charge in [0.25, 0.3) is 0 Å². The van der Waals surface area contributed by atoms with Crippen molar-refractivity contribution in [1.29, 1.82) is 0 Å². The van der Waals surface area contributed by atoms with E-state index in [-0.39, 0.29) is 18.1 Å². The smallest absolute Gasteiger partial charge is 0.0851 e. The van der Waals surface area contributed by atoms with Crippen molar-refractivity contribution in [2.45, 2.75) is 52.2 Å². The number of hydrogen-bond acceptors (Lipinski definition) is 4. The standard InChI is InChI=1S/C21H34ClN5/c1-7-14-23-17(4)18(5)25-26-27(6)15-13-21(16(3)8-2)24-20-11-9-19(22)10-12-20/h7-12,17-18,21,23-24H,1,13-15H2,2-6H3/b16-8+,26-25?/t17-,18?,21?/m0/s1. The van der Waals surface area contributed by atoms with Crippen molar-refractivity contribution in [3.63, 3.8) is 0 Å². The van der Waals surface area contributed by atoms with Crippen molar-refractivity contribution in [2.75, 3.05) is 25.5 Å². The lowest BCUT2D eigenvalue weighted by molar-refractivity contribution is 0.304. The number of nitrogens with one attached hydrogen (secondary N) is 2. The van der Waals surface area contributed by atoms with Crippen LogP contribution in [0.2, 0.25) is 5.02 Å². The second kappa shape index (κ2) is 12.5. The molecule has 0 saturated carbocycles. The molecule has 1 aromatic rings. The van der Waals surface area contributed by atoms with Gasteiger partial charge >= 0.3 is 0 Å². The van der Waals surface area contributed by atoms with Gasteiger partial charge in [0.1, 0.15) is 0 Å². The van der Waals surface area contributed by atoms with Gasteiger partial charge in [-0.15, -0.1) is 6.58 Å². The number of rotatable bonds is 12. The first-order valence-electron chi connectivity index (χ1n) is 9.48. The monoisotopic (exact) mass is 391 g/mol. The van der Waals surface area contributed by atoms with E-state index in [2.05, 4.69) is 61.3 Å². The van der Waals surface area contributed by atoms with Crippen LogP contribution in [0, 0.1) is 0 Å². The summed E-state index contributed by atoms with van der Waals surface area (Å²) in [5.74, 6) is 0. The average molecular weight is 392 g/mol. The molecule has 1 rings (SSSR count). The minimum Gasteiger partial charge on any atom is -0.379 e. The number of allylic oxidation sites excluding steroid dienone is 1. The highest BCUT2D eigenvalue weighted by Crippen LogP contribution is 2.18. The third-order valence-corrected chi connectivity index (χ3v) is 4.88. The number of nitrogens with zero attached hydrogens (tertiary/aromatic N) is 3. The van der Waals surface area contributed by atoms with Crippen LogP contribution in [0.5, 0.6) is 0 Å². The fraction of sp³-hybridized carbons (Fsp3) is 0.524. The molecule has 0 spiro atoms. The number of benzene rings is 1. The van der Waals surface area contributed by atoms with Gasteiger partial charge in [-0.3, -0.25) is 5.01 Å². The van der Waals surface area contributed by atoms with Gasteiger partial charge in [0.2, 0.25) is 0 Å². The molecule has 27 heavy (non-hydrogen) atoms. The summed E-state index contributed by atoms with van der Waals surface area (Å²) in [6.07, 6.45) is 4.92. The van der Waals surface area contributed by atoms with E-state index in [1.807, 2.05) is 42.4 Å². The quantitative estimate of drug-likeness (QED) is 0.287. The maximum Gasteiger partial charge on any atom is 0.0851 e. The van der Waals surface area contributed by atoms with E-state index >= 15 is 0 Å². The molecule has 5 nitrogen and oxygen atoms in total. The lowest BCUT2D eigenvalue weighted by atomic mass is 10.0. The Morgan fingerprint density at radius 2 is 1.96 bits per heavy atom. The van der Waals surface area contributed by atoms with Gasteiger partial charge in [-0.1, -0.05) is 34.5 Å². The van der Waals surface area contributed by atoms with Crippen LogP contribution in [-0.4, -0.2) is 43.3 Å². The Bertz CT molecular complexity index is 612. The molecule has 3 atom stereocenters. The first kappa shape index (κ1) is 23.2. The molecule has 0 aliphatic carbocycles. The zero-order valence-corrected chi connectivity index (χ0v) is 18.0.